The zero-order chi connectivity index (χ0) is 12.8. The van der Waals surface area contributed by atoms with Crippen LogP contribution >= 0.6 is 0 Å². The average Bonchev–Trinajstić information content (AvgIpc) is 2.26. The molecule has 1 rings (SSSR count). The van der Waals surface area contributed by atoms with Gasteiger partial charge in [-0.2, -0.15) is 0 Å². The summed E-state index contributed by atoms with van der Waals surface area (Å²) < 4.78 is 0. The highest BCUT2D eigenvalue weighted by molar-refractivity contribution is 4.74. The fourth-order valence-electron chi connectivity index (χ4n) is 2.87. The van der Waals surface area contributed by atoms with E-state index in [2.05, 4.69) is 44.5 Å². The van der Waals surface area contributed by atoms with Crippen molar-refractivity contribution in [1.29, 1.82) is 0 Å². The summed E-state index contributed by atoms with van der Waals surface area (Å²) in [5.74, 6) is 2.63. The summed E-state index contributed by atoms with van der Waals surface area (Å²) in [4.78, 5) is 5.12. The summed E-state index contributed by atoms with van der Waals surface area (Å²) in [6, 6.07) is 0. The number of piperidine rings is 1. The molecule has 0 amide bonds. The molecule has 0 bridgehead atoms. The molecule has 1 aliphatic heterocycles. The van der Waals surface area contributed by atoms with E-state index in [1.165, 1.54) is 45.6 Å². The molecule has 17 heavy (non-hydrogen) atoms. The highest BCUT2D eigenvalue weighted by Gasteiger charge is 2.21. The topological polar surface area (TPSA) is 6.48 Å². The van der Waals surface area contributed by atoms with Crippen LogP contribution < -0.4 is 0 Å². The van der Waals surface area contributed by atoms with Crippen molar-refractivity contribution < 1.29 is 0 Å². The van der Waals surface area contributed by atoms with Crippen molar-refractivity contribution in [2.45, 2.75) is 40.5 Å². The van der Waals surface area contributed by atoms with E-state index in [1.54, 1.807) is 0 Å². The van der Waals surface area contributed by atoms with Gasteiger partial charge in [0.05, 0.1) is 0 Å². The van der Waals surface area contributed by atoms with Gasteiger partial charge in [-0.25, -0.2) is 0 Å². The lowest BCUT2D eigenvalue weighted by Gasteiger charge is -2.34. The molecule has 1 aliphatic rings. The smallest absolute Gasteiger partial charge is 0.0109 e. The van der Waals surface area contributed by atoms with Gasteiger partial charge in [0.15, 0.2) is 0 Å². The van der Waals surface area contributed by atoms with Crippen molar-refractivity contribution in [3.8, 4) is 0 Å². The number of likely N-dealkylation sites (tertiary alicyclic amines) is 1. The van der Waals surface area contributed by atoms with E-state index < -0.39 is 0 Å². The Labute approximate surface area is 108 Å². The average molecular weight is 240 g/mol. The van der Waals surface area contributed by atoms with Crippen molar-refractivity contribution in [3.63, 3.8) is 0 Å². The van der Waals surface area contributed by atoms with Gasteiger partial charge in [0.25, 0.3) is 0 Å². The van der Waals surface area contributed by atoms with Crippen LogP contribution in [-0.2, 0) is 0 Å². The second kappa shape index (κ2) is 7.38. The normalized spacial score (nSPS) is 19.8. The first-order valence-electron chi connectivity index (χ1n) is 7.40. The molecule has 0 radical (unpaired) electrons. The van der Waals surface area contributed by atoms with E-state index in [9.17, 15) is 0 Å². The largest absolute Gasteiger partial charge is 0.305 e. The fourth-order valence-corrected chi connectivity index (χ4v) is 2.87. The van der Waals surface area contributed by atoms with Crippen LogP contribution in [0.15, 0.2) is 0 Å². The molecule has 0 aromatic heterocycles. The highest BCUT2D eigenvalue weighted by atomic mass is 15.2. The van der Waals surface area contributed by atoms with E-state index in [0.29, 0.717) is 0 Å². The Balaban J connectivity index is 2.14. The van der Waals surface area contributed by atoms with E-state index in [4.69, 9.17) is 0 Å². The predicted molar refractivity (Wildman–Crippen MR) is 76.3 cm³/mol. The van der Waals surface area contributed by atoms with Crippen LogP contribution in [0.25, 0.3) is 0 Å². The van der Waals surface area contributed by atoms with Crippen LogP contribution in [0, 0.1) is 17.8 Å². The fraction of sp³-hybridized carbons (Fsp3) is 1.00. The third kappa shape index (κ3) is 5.87. The van der Waals surface area contributed by atoms with E-state index in [1.807, 2.05) is 0 Å². The summed E-state index contributed by atoms with van der Waals surface area (Å²) >= 11 is 0. The zero-order valence-corrected chi connectivity index (χ0v) is 12.6. The number of nitrogens with zero attached hydrogens (tertiary/aromatic N) is 2. The monoisotopic (exact) mass is 240 g/mol. The predicted octanol–water partition coefficient (Wildman–Crippen LogP) is 2.94. The Morgan fingerprint density at radius 2 is 1.71 bits per heavy atom. The molecule has 0 saturated carbocycles. The lowest BCUT2D eigenvalue weighted by molar-refractivity contribution is 0.141. The van der Waals surface area contributed by atoms with Crippen molar-refractivity contribution in [1.82, 2.24) is 9.80 Å². The second-order valence-electron chi connectivity index (χ2n) is 6.58. The maximum Gasteiger partial charge on any atom is 0.0109 e. The summed E-state index contributed by atoms with van der Waals surface area (Å²) in [7, 11) is 2.25. The SMILES string of the molecule is CC(C)CN(C)CCN1CCC(C(C)C)CC1. The van der Waals surface area contributed by atoms with Crippen molar-refractivity contribution in [2.24, 2.45) is 17.8 Å². The summed E-state index contributed by atoms with van der Waals surface area (Å²) in [6.07, 6.45) is 2.82. The van der Waals surface area contributed by atoms with Crippen LogP contribution in [-0.4, -0.2) is 49.6 Å². The zero-order valence-electron chi connectivity index (χ0n) is 12.6. The molecule has 0 aliphatic carbocycles. The number of rotatable bonds is 6. The molecule has 0 atom stereocenters. The summed E-state index contributed by atoms with van der Waals surface area (Å²) in [5, 5.41) is 0. The molecule has 0 N–H and O–H groups in total. The molecule has 1 heterocycles. The molecule has 2 nitrogen and oxygen atoms in total. The van der Waals surface area contributed by atoms with Gasteiger partial charge >= 0.3 is 0 Å². The van der Waals surface area contributed by atoms with Crippen LogP contribution in [0.2, 0.25) is 0 Å². The Hall–Kier alpha value is -0.0800. The van der Waals surface area contributed by atoms with Crippen LogP contribution in [0.3, 0.4) is 0 Å². The molecule has 102 valence electrons. The second-order valence-corrected chi connectivity index (χ2v) is 6.58. The van der Waals surface area contributed by atoms with E-state index in [-0.39, 0.29) is 0 Å². The minimum absolute atomic E-state index is 0.784. The maximum atomic E-state index is 2.65. The van der Waals surface area contributed by atoms with Gasteiger partial charge in [-0.1, -0.05) is 27.7 Å². The van der Waals surface area contributed by atoms with Crippen LogP contribution in [0.5, 0.6) is 0 Å². The van der Waals surface area contributed by atoms with Gasteiger partial charge in [0, 0.05) is 19.6 Å². The highest BCUT2D eigenvalue weighted by Crippen LogP contribution is 2.24. The molecule has 0 unspecified atom stereocenters. The number of hydrogen-bond donors (Lipinski definition) is 0. The van der Waals surface area contributed by atoms with E-state index in [0.717, 1.165) is 17.8 Å². The Morgan fingerprint density at radius 3 is 2.18 bits per heavy atom. The van der Waals surface area contributed by atoms with Gasteiger partial charge in [-0.05, 0) is 50.7 Å². The van der Waals surface area contributed by atoms with Crippen molar-refractivity contribution in [2.75, 3.05) is 39.8 Å². The molecule has 0 aromatic rings. The lowest BCUT2D eigenvalue weighted by Crippen LogP contribution is -2.40. The molecular weight excluding hydrogens is 208 g/mol. The molecule has 1 saturated heterocycles. The Bertz CT molecular complexity index is 193. The quantitative estimate of drug-likeness (QED) is 0.704. The standard InChI is InChI=1S/C15H32N2/c1-13(2)12-16(5)10-11-17-8-6-15(7-9-17)14(3)4/h13-15H,6-12H2,1-5H3. The number of likely N-dealkylation sites (N-methyl/N-ethyl adjacent to an activating group) is 1. The minimum Gasteiger partial charge on any atom is -0.305 e. The lowest BCUT2D eigenvalue weighted by atomic mass is 9.87. The van der Waals surface area contributed by atoms with Gasteiger partial charge < -0.3 is 9.80 Å². The third-order valence-electron chi connectivity index (χ3n) is 4.05. The first-order valence-corrected chi connectivity index (χ1v) is 7.40. The first-order chi connectivity index (χ1) is 7.99. The third-order valence-corrected chi connectivity index (χ3v) is 4.05. The van der Waals surface area contributed by atoms with Gasteiger partial charge in [-0.15, -0.1) is 0 Å². The molecule has 0 aromatic carbocycles. The van der Waals surface area contributed by atoms with Gasteiger partial charge in [0.1, 0.15) is 0 Å². The van der Waals surface area contributed by atoms with E-state index >= 15 is 0 Å². The Kier molecular flexibility index (Phi) is 6.50. The molecule has 0 spiro atoms. The van der Waals surface area contributed by atoms with Crippen molar-refractivity contribution >= 4 is 0 Å². The van der Waals surface area contributed by atoms with Gasteiger partial charge in [0.2, 0.25) is 0 Å². The minimum atomic E-state index is 0.784. The molecule has 1 fully saturated rings. The summed E-state index contributed by atoms with van der Waals surface area (Å²) in [6.45, 7) is 15.7. The number of hydrogen-bond acceptors (Lipinski definition) is 2. The van der Waals surface area contributed by atoms with Gasteiger partial charge in [-0.3, -0.25) is 0 Å². The van der Waals surface area contributed by atoms with Crippen LogP contribution in [0.4, 0.5) is 0 Å². The van der Waals surface area contributed by atoms with Crippen molar-refractivity contribution in [3.05, 3.63) is 0 Å². The summed E-state index contributed by atoms with van der Waals surface area (Å²) in [5.41, 5.74) is 0. The molecule has 2 heteroatoms. The van der Waals surface area contributed by atoms with Crippen LogP contribution in [0.1, 0.15) is 40.5 Å². The molecular formula is C15H32N2. The maximum absolute atomic E-state index is 2.65. The Morgan fingerprint density at radius 1 is 1.12 bits per heavy atom. The first kappa shape index (κ1) is 15.0.